The molecule has 4 aromatic rings. The minimum Gasteiger partial charge on any atom is -0.454 e. The van der Waals surface area contributed by atoms with E-state index in [0.29, 0.717) is 0 Å². The number of para-hydroxylation sites is 1. The molecule has 0 unspecified atom stereocenters. The zero-order valence-corrected chi connectivity index (χ0v) is 11.9. The van der Waals surface area contributed by atoms with Gasteiger partial charge in [0.1, 0.15) is 5.58 Å². The van der Waals surface area contributed by atoms with Gasteiger partial charge in [-0.3, -0.25) is 0 Å². The molecule has 0 radical (unpaired) electrons. The Morgan fingerprint density at radius 2 is 1.75 bits per heavy atom. The smallest absolute Gasteiger partial charge is 0.160 e. The Bertz CT molecular complexity index is 934. The Hall–Kier alpha value is -2.22. The Balaban J connectivity index is 2.13. The van der Waals surface area contributed by atoms with E-state index in [1.54, 1.807) is 0 Å². The quantitative estimate of drug-likeness (QED) is 0.454. The maximum Gasteiger partial charge on any atom is 0.160 e. The molecule has 0 bridgehead atoms. The fourth-order valence-corrected chi connectivity index (χ4v) is 2.80. The highest BCUT2D eigenvalue weighted by molar-refractivity contribution is 6.14. The fourth-order valence-electron chi connectivity index (χ4n) is 2.80. The van der Waals surface area contributed by atoms with E-state index in [1.807, 2.05) is 18.2 Å². The standard InChI is InChI=1S/C18H17NO/c1-18(2,3)11-8-9-14-13(10-11)17-16(19-14)12-6-4-5-7-15(12)20-17/h4-10,19H,1-3H3. The van der Waals surface area contributed by atoms with Crippen LogP contribution in [-0.4, -0.2) is 4.98 Å². The first-order valence-electron chi connectivity index (χ1n) is 6.97. The van der Waals surface area contributed by atoms with Gasteiger partial charge in [0.25, 0.3) is 0 Å². The van der Waals surface area contributed by atoms with Gasteiger partial charge < -0.3 is 9.40 Å². The molecule has 0 aliphatic carbocycles. The molecular weight excluding hydrogens is 246 g/mol. The predicted molar refractivity (Wildman–Crippen MR) is 84.3 cm³/mol. The zero-order chi connectivity index (χ0) is 13.9. The van der Waals surface area contributed by atoms with Gasteiger partial charge >= 0.3 is 0 Å². The lowest BCUT2D eigenvalue weighted by molar-refractivity contribution is 0.591. The van der Waals surface area contributed by atoms with Crippen molar-refractivity contribution in [3.8, 4) is 0 Å². The van der Waals surface area contributed by atoms with Gasteiger partial charge in [-0.2, -0.15) is 0 Å². The van der Waals surface area contributed by atoms with Crippen LogP contribution in [0.25, 0.3) is 33.0 Å². The van der Waals surface area contributed by atoms with E-state index in [4.69, 9.17) is 4.42 Å². The minimum absolute atomic E-state index is 0.143. The second kappa shape index (κ2) is 3.66. The van der Waals surface area contributed by atoms with Crippen molar-refractivity contribution >= 4 is 33.0 Å². The van der Waals surface area contributed by atoms with Gasteiger partial charge in [0.2, 0.25) is 0 Å². The van der Waals surface area contributed by atoms with Gasteiger partial charge in [-0.15, -0.1) is 0 Å². The van der Waals surface area contributed by atoms with E-state index in [9.17, 15) is 0 Å². The van der Waals surface area contributed by atoms with Crippen LogP contribution in [0.15, 0.2) is 46.9 Å². The summed E-state index contributed by atoms with van der Waals surface area (Å²) in [6.45, 7) is 6.70. The number of H-pyrrole nitrogens is 1. The molecule has 0 aliphatic rings. The molecule has 100 valence electrons. The van der Waals surface area contributed by atoms with Crippen LogP contribution in [-0.2, 0) is 5.41 Å². The van der Waals surface area contributed by atoms with Gasteiger partial charge in [-0.1, -0.05) is 39.0 Å². The van der Waals surface area contributed by atoms with Crippen LogP contribution in [0.4, 0.5) is 0 Å². The van der Waals surface area contributed by atoms with Crippen LogP contribution in [0.3, 0.4) is 0 Å². The topological polar surface area (TPSA) is 28.9 Å². The number of nitrogens with one attached hydrogen (secondary N) is 1. The first-order chi connectivity index (χ1) is 9.54. The van der Waals surface area contributed by atoms with Crippen molar-refractivity contribution in [2.45, 2.75) is 26.2 Å². The molecule has 1 N–H and O–H groups in total. The van der Waals surface area contributed by atoms with Crippen molar-refractivity contribution in [1.29, 1.82) is 0 Å². The summed E-state index contributed by atoms with van der Waals surface area (Å²) in [5.74, 6) is 0. The second-order valence-corrected chi connectivity index (χ2v) is 6.44. The van der Waals surface area contributed by atoms with Crippen LogP contribution in [0.2, 0.25) is 0 Å². The average molecular weight is 263 g/mol. The molecule has 0 spiro atoms. The van der Waals surface area contributed by atoms with E-state index in [0.717, 1.165) is 27.6 Å². The SMILES string of the molecule is CC(C)(C)c1ccc2[nH]c3c4ccccc4oc3c2c1. The summed E-state index contributed by atoms with van der Waals surface area (Å²) in [7, 11) is 0. The summed E-state index contributed by atoms with van der Waals surface area (Å²) in [6, 6.07) is 14.8. The number of aromatic amines is 1. The maximum atomic E-state index is 6.04. The van der Waals surface area contributed by atoms with Crippen molar-refractivity contribution in [3.05, 3.63) is 48.0 Å². The normalized spacial score (nSPS) is 12.8. The molecule has 2 aromatic carbocycles. The van der Waals surface area contributed by atoms with Gasteiger partial charge in [0.05, 0.1) is 5.52 Å². The number of hydrogen-bond acceptors (Lipinski definition) is 1. The lowest BCUT2D eigenvalue weighted by Gasteiger charge is -2.18. The van der Waals surface area contributed by atoms with Crippen molar-refractivity contribution < 1.29 is 4.42 Å². The monoisotopic (exact) mass is 263 g/mol. The Morgan fingerprint density at radius 3 is 2.55 bits per heavy atom. The number of furan rings is 1. The molecular formula is C18H17NO. The molecule has 20 heavy (non-hydrogen) atoms. The molecule has 0 saturated heterocycles. The first-order valence-corrected chi connectivity index (χ1v) is 6.97. The summed E-state index contributed by atoms with van der Waals surface area (Å²) >= 11 is 0. The molecule has 2 aromatic heterocycles. The number of aromatic nitrogens is 1. The van der Waals surface area contributed by atoms with E-state index < -0.39 is 0 Å². The van der Waals surface area contributed by atoms with Crippen molar-refractivity contribution in [2.75, 3.05) is 0 Å². The van der Waals surface area contributed by atoms with E-state index in [1.165, 1.54) is 10.9 Å². The molecule has 4 rings (SSSR count). The molecule has 2 heteroatoms. The maximum absolute atomic E-state index is 6.04. The summed E-state index contributed by atoms with van der Waals surface area (Å²) in [6.07, 6.45) is 0. The largest absolute Gasteiger partial charge is 0.454 e. The van der Waals surface area contributed by atoms with Crippen LogP contribution >= 0.6 is 0 Å². The van der Waals surface area contributed by atoms with Crippen molar-refractivity contribution in [3.63, 3.8) is 0 Å². The third-order valence-electron chi connectivity index (χ3n) is 3.99. The average Bonchev–Trinajstić information content (AvgIpc) is 2.93. The van der Waals surface area contributed by atoms with Crippen molar-refractivity contribution in [2.24, 2.45) is 0 Å². The summed E-state index contributed by atoms with van der Waals surface area (Å²) < 4.78 is 6.04. The lowest BCUT2D eigenvalue weighted by atomic mass is 9.86. The molecule has 2 heterocycles. The van der Waals surface area contributed by atoms with Gasteiger partial charge in [0, 0.05) is 16.3 Å². The number of fused-ring (bicyclic) bond motifs is 5. The molecule has 0 amide bonds. The number of rotatable bonds is 0. The third kappa shape index (κ3) is 1.51. The highest BCUT2D eigenvalue weighted by Crippen LogP contribution is 2.35. The summed E-state index contributed by atoms with van der Waals surface area (Å²) in [5.41, 5.74) is 5.61. The number of hydrogen-bond donors (Lipinski definition) is 1. The van der Waals surface area contributed by atoms with Gasteiger partial charge in [-0.25, -0.2) is 0 Å². The van der Waals surface area contributed by atoms with Gasteiger partial charge in [0.15, 0.2) is 5.58 Å². The molecule has 0 atom stereocenters. The molecule has 0 aliphatic heterocycles. The summed E-state index contributed by atoms with van der Waals surface area (Å²) in [4.78, 5) is 3.49. The Labute approximate surface area is 117 Å². The van der Waals surface area contributed by atoms with Crippen LogP contribution < -0.4 is 0 Å². The molecule has 0 saturated carbocycles. The number of benzene rings is 2. The second-order valence-electron chi connectivity index (χ2n) is 6.44. The Morgan fingerprint density at radius 1 is 0.950 bits per heavy atom. The highest BCUT2D eigenvalue weighted by atomic mass is 16.3. The van der Waals surface area contributed by atoms with Crippen molar-refractivity contribution in [1.82, 2.24) is 4.98 Å². The third-order valence-corrected chi connectivity index (χ3v) is 3.99. The lowest BCUT2D eigenvalue weighted by Crippen LogP contribution is -2.10. The highest BCUT2D eigenvalue weighted by Gasteiger charge is 2.17. The first kappa shape index (κ1) is 11.6. The minimum atomic E-state index is 0.143. The Kier molecular flexibility index (Phi) is 2.12. The molecule has 2 nitrogen and oxygen atoms in total. The van der Waals surface area contributed by atoms with E-state index >= 15 is 0 Å². The molecule has 0 fully saturated rings. The van der Waals surface area contributed by atoms with Crippen LogP contribution in [0.1, 0.15) is 26.3 Å². The summed E-state index contributed by atoms with van der Waals surface area (Å²) in [5, 5.41) is 2.32. The van der Waals surface area contributed by atoms with E-state index in [-0.39, 0.29) is 5.41 Å². The zero-order valence-electron chi connectivity index (χ0n) is 11.9. The fraction of sp³-hybridized carbons (Fsp3) is 0.222. The van der Waals surface area contributed by atoms with Crippen LogP contribution in [0.5, 0.6) is 0 Å². The predicted octanol–water partition coefficient (Wildman–Crippen LogP) is 5.36. The van der Waals surface area contributed by atoms with Crippen LogP contribution in [0, 0.1) is 0 Å². The van der Waals surface area contributed by atoms with Gasteiger partial charge in [-0.05, 0) is 35.2 Å². The van der Waals surface area contributed by atoms with E-state index in [2.05, 4.69) is 50.0 Å².